The molecule has 2 atom stereocenters. The maximum Gasteiger partial charge on any atom is 0.271 e. The zero-order valence-corrected chi connectivity index (χ0v) is 17.0. The summed E-state index contributed by atoms with van der Waals surface area (Å²) in [5.74, 6) is 0.326. The summed E-state index contributed by atoms with van der Waals surface area (Å²) in [7, 11) is 0. The number of pyridine rings is 1. The van der Waals surface area contributed by atoms with Crippen LogP contribution in [0.15, 0.2) is 42.6 Å². The Morgan fingerprint density at radius 2 is 1.83 bits per heavy atom. The summed E-state index contributed by atoms with van der Waals surface area (Å²) in [5.41, 5.74) is 0.776. The van der Waals surface area contributed by atoms with E-state index in [-0.39, 0.29) is 17.0 Å². The van der Waals surface area contributed by atoms with Crippen LogP contribution in [0.2, 0.25) is 0 Å². The minimum atomic E-state index is -0.888. The second-order valence-electron chi connectivity index (χ2n) is 8.88. The number of nitrogens with zero attached hydrogens (tertiary/aromatic N) is 4. The van der Waals surface area contributed by atoms with E-state index in [2.05, 4.69) is 31.1 Å². The summed E-state index contributed by atoms with van der Waals surface area (Å²) in [5, 5.41) is 14.2. The van der Waals surface area contributed by atoms with Crippen molar-refractivity contribution in [1.29, 1.82) is 0 Å². The van der Waals surface area contributed by atoms with Crippen LogP contribution < -0.4 is 5.32 Å². The SMILES string of the molecule is CC12CCC(C(=O)Nc3ccccn3)(c3nc4cc([N+](=O)[O-])ccc4nc31)C2(C)C. The second kappa shape index (κ2) is 5.81. The van der Waals surface area contributed by atoms with E-state index in [9.17, 15) is 14.9 Å². The first-order chi connectivity index (χ1) is 14.2. The molecule has 8 heteroatoms. The van der Waals surface area contributed by atoms with Crippen LogP contribution in [0.25, 0.3) is 11.0 Å². The van der Waals surface area contributed by atoms with Crippen molar-refractivity contribution in [1.82, 2.24) is 15.0 Å². The molecule has 0 aliphatic heterocycles. The van der Waals surface area contributed by atoms with Crippen LogP contribution in [-0.2, 0) is 15.6 Å². The number of nitrogens with one attached hydrogen (secondary N) is 1. The average molecular weight is 403 g/mol. The molecular formula is C22H21N5O3. The number of nitro benzene ring substituents is 1. The molecule has 1 saturated carbocycles. The van der Waals surface area contributed by atoms with Crippen LogP contribution >= 0.6 is 0 Å². The first-order valence-electron chi connectivity index (χ1n) is 9.90. The fraction of sp³-hybridized carbons (Fsp3) is 0.364. The number of fused-ring (bicyclic) bond motifs is 6. The van der Waals surface area contributed by atoms with Gasteiger partial charge in [0.2, 0.25) is 5.91 Å². The fourth-order valence-electron chi connectivity index (χ4n) is 5.37. The van der Waals surface area contributed by atoms with E-state index in [0.717, 1.165) is 12.1 Å². The lowest BCUT2D eigenvalue weighted by Crippen LogP contribution is -2.48. The number of non-ortho nitro benzene ring substituents is 1. The Hall–Kier alpha value is -3.42. The fourth-order valence-corrected chi connectivity index (χ4v) is 5.37. The van der Waals surface area contributed by atoms with Crippen molar-refractivity contribution in [2.75, 3.05) is 5.32 Å². The Bertz CT molecular complexity index is 1230. The lowest BCUT2D eigenvalue weighted by atomic mass is 9.63. The largest absolute Gasteiger partial charge is 0.310 e. The van der Waals surface area contributed by atoms with E-state index < -0.39 is 15.8 Å². The van der Waals surface area contributed by atoms with Gasteiger partial charge in [0.25, 0.3) is 5.69 Å². The maximum absolute atomic E-state index is 13.7. The first kappa shape index (κ1) is 18.6. The molecule has 3 aromatic rings. The highest BCUT2D eigenvalue weighted by atomic mass is 16.6. The molecule has 5 rings (SSSR count). The third kappa shape index (κ3) is 2.10. The lowest BCUT2D eigenvalue weighted by Gasteiger charge is -2.39. The molecule has 2 aromatic heterocycles. The number of rotatable bonds is 3. The number of nitro groups is 1. The summed E-state index contributed by atoms with van der Waals surface area (Å²) in [6, 6.07) is 9.85. The number of hydrogen-bond acceptors (Lipinski definition) is 6. The van der Waals surface area contributed by atoms with Crippen LogP contribution in [0.5, 0.6) is 0 Å². The van der Waals surface area contributed by atoms with Gasteiger partial charge in [-0.1, -0.05) is 26.8 Å². The van der Waals surface area contributed by atoms with Gasteiger partial charge in [0, 0.05) is 23.7 Å². The number of benzene rings is 1. The zero-order chi connectivity index (χ0) is 21.3. The smallest absolute Gasteiger partial charge is 0.271 e. The van der Waals surface area contributed by atoms with Crippen molar-refractivity contribution in [3.05, 3.63) is 64.1 Å². The molecule has 0 spiro atoms. The Balaban J connectivity index is 1.72. The van der Waals surface area contributed by atoms with E-state index in [1.54, 1.807) is 24.4 Å². The molecule has 1 aromatic carbocycles. The van der Waals surface area contributed by atoms with Gasteiger partial charge in [-0.2, -0.15) is 0 Å². The molecule has 2 heterocycles. The molecule has 2 unspecified atom stereocenters. The van der Waals surface area contributed by atoms with Gasteiger partial charge < -0.3 is 5.32 Å². The van der Waals surface area contributed by atoms with Crippen LogP contribution in [0.1, 0.15) is 45.0 Å². The molecule has 30 heavy (non-hydrogen) atoms. The van der Waals surface area contributed by atoms with E-state index in [1.807, 2.05) is 6.07 Å². The van der Waals surface area contributed by atoms with Crippen molar-refractivity contribution in [3.8, 4) is 0 Å². The third-order valence-corrected chi connectivity index (χ3v) is 7.53. The standard InChI is InChI=1S/C22H21N5O3/c1-20(2)21(3)9-10-22(20,19(28)26-16-6-4-5-11-23-16)18-17(21)24-14-8-7-13(27(29)30)12-15(14)25-18/h4-8,11-12H,9-10H2,1-3H3,(H,23,26,28). The van der Waals surface area contributed by atoms with E-state index in [0.29, 0.717) is 29.0 Å². The Kier molecular flexibility index (Phi) is 3.60. The molecular weight excluding hydrogens is 382 g/mol. The predicted molar refractivity (Wildman–Crippen MR) is 111 cm³/mol. The van der Waals surface area contributed by atoms with Crippen LogP contribution in [0, 0.1) is 15.5 Å². The summed E-state index contributed by atoms with van der Waals surface area (Å²) in [6.45, 7) is 6.32. The second-order valence-corrected chi connectivity index (χ2v) is 8.88. The predicted octanol–water partition coefficient (Wildman–Crippen LogP) is 3.90. The molecule has 152 valence electrons. The molecule has 2 bridgehead atoms. The molecule has 1 amide bonds. The van der Waals surface area contributed by atoms with Gasteiger partial charge in [0.1, 0.15) is 5.82 Å². The summed E-state index contributed by atoms with van der Waals surface area (Å²) < 4.78 is 0. The normalized spacial score (nSPS) is 25.8. The number of carbonyl (C=O) groups is 1. The minimum Gasteiger partial charge on any atom is -0.310 e. The number of carbonyl (C=O) groups excluding carboxylic acids is 1. The van der Waals surface area contributed by atoms with E-state index in [1.165, 1.54) is 12.1 Å². The van der Waals surface area contributed by atoms with E-state index in [4.69, 9.17) is 9.97 Å². The third-order valence-electron chi connectivity index (χ3n) is 7.53. The summed E-state index contributed by atoms with van der Waals surface area (Å²) in [4.78, 5) is 38.4. The minimum absolute atomic E-state index is 0.0441. The molecule has 2 aliphatic rings. The Labute approximate surface area is 172 Å². The number of anilines is 1. The van der Waals surface area contributed by atoms with Crippen LogP contribution in [-0.4, -0.2) is 25.8 Å². The van der Waals surface area contributed by atoms with Crippen molar-refractivity contribution < 1.29 is 9.72 Å². The van der Waals surface area contributed by atoms with Gasteiger partial charge in [-0.3, -0.25) is 14.9 Å². The molecule has 2 aliphatic carbocycles. The monoisotopic (exact) mass is 403 g/mol. The highest BCUT2D eigenvalue weighted by Gasteiger charge is 2.73. The van der Waals surface area contributed by atoms with Gasteiger partial charge in [-0.25, -0.2) is 15.0 Å². The van der Waals surface area contributed by atoms with E-state index >= 15 is 0 Å². The molecule has 8 nitrogen and oxygen atoms in total. The summed E-state index contributed by atoms with van der Waals surface area (Å²) in [6.07, 6.45) is 3.08. The molecule has 0 saturated heterocycles. The van der Waals surface area contributed by atoms with Gasteiger partial charge in [0.05, 0.1) is 32.8 Å². The molecule has 1 fully saturated rings. The van der Waals surface area contributed by atoms with Gasteiger partial charge in [-0.15, -0.1) is 0 Å². The number of hydrogen-bond donors (Lipinski definition) is 1. The van der Waals surface area contributed by atoms with Gasteiger partial charge in [-0.05, 0) is 36.5 Å². The summed E-state index contributed by atoms with van der Waals surface area (Å²) >= 11 is 0. The number of amides is 1. The van der Waals surface area contributed by atoms with Crippen molar-refractivity contribution in [2.45, 2.75) is 44.4 Å². The lowest BCUT2D eigenvalue weighted by molar-refractivity contribution is -0.384. The first-order valence-corrected chi connectivity index (χ1v) is 9.90. The van der Waals surface area contributed by atoms with Crippen molar-refractivity contribution >= 4 is 28.4 Å². The van der Waals surface area contributed by atoms with Crippen LogP contribution in [0.4, 0.5) is 11.5 Å². The number of aromatic nitrogens is 3. The maximum atomic E-state index is 13.7. The quantitative estimate of drug-likeness (QED) is 0.524. The average Bonchev–Trinajstić information content (AvgIpc) is 3.02. The zero-order valence-electron chi connectivity index (χ0n) is 17.0. The molecule has 1 N–H and O–H groups in total. The highest BCUT2D eigenvalue weighted by Crippen LogP contribution is 2.70. The van der Waals surface area contributed by atoms with Crippen molar-refractivity contribution in [3.63, 3.8) is 0 Å². The van der Waals surface area contributed by atoms with Gasteiger partial charge in [0.15, 0.2) is 0 Å². The highest BCUT2D eigenvalue weighted by molar-refractivity contribution is 6.01. The molecule has 0 radical (unpaired) electrons. The van der Waals surface area contributed by atoms with Crippen molar-refractivity contribution in [2.24, 2.45) is 5.41 Å². The Morgan fingerprint density at radius 1 is 1.07 bits per heavy atom. The van der Waals surface area contributed by atoms with Gasteiger partial charge >= 0.3 is 0 Å². The Morgan fingerprint density at radius 3 is 2.53 bits per heavy atom. The topological polar surface area (TPSA) is 111 Å². The van der Waals surface area contributed by atoms with Crippen LogP contribution in [0.3, 0.4) is 0 Å².